The van der Waals surface area contributed by atoms with Crippen LogP contribution in [0.1, 0.15) is 32.6 Å². The number of sulfonamides is 1. The van der Waals surface area contributed by atoms with Crippen LogP contribution < -0.4 is 4.72 Å². The maximum atomic E-state index is 11.7. The van der Waals surface area contributed by atoms with Gasteiger partial charge in [0.25, 0.3) is 0 Å². The highest BCUT2D eigenvalue weighted by atomic mass is 35.5. The van der Waals surface area contributed by atoms with E-state index in [4.69, 9.17) is 11.6 Å². The third kappa shape index (κ3) is 6.04. The highest BCUT2D eigenvalue weighted by Crippen LogP contribution is 2.23. The van der Waals surface area contributed by atoms with Crippen LogP contribution in [0, 0.1) is 11.8 Å². The van der Waals surface area contributed by atoms with E-state index in [0.717, 1.165) is 25.7 Å². The molecule has 0 aromatic carbocycles. The van der Waals surface area contributed by atoms with Gasteiger partial charge in [0.05, 0.1) is 11.9 Å². The number of aliphatic hydroxyl groups excluding tert-OH is 1. The standard InChI is InChI=1S/C11H22ClNO3S/c1-9(6-12)8-17(15,16)13-7-10-2-4-11(14)5-3-10/h9-11,13-14H,2-8H2,1H3. The summed E-state index contributed by atoms with van der Waals surface area (Å²) < 4.78 is 26.0. The minimum absolute atomic E-state index is 0.0256. The van der Waals surface area contributed by atoms with Gasteiger partial charge in [0.1, 0.15) is 0 Å². The summed E-state index contributed by atoms with van der Waals surface area (Å²) in [6.07, 6.45) is 3.16. The van der Waals surface area contributed by atoms with E-state index in [0.29, 0.717) is 18.3 Å². The SMILES string of the molecule is CC(CCl)CS(=O)(=O)NCC1CCC(O)CC1. The average Bonchev–Trinajstić information content (AvgIpc) is 2.28. The van der Waals surface area contributed by atoms with E-state index < -0.39 is 10.0 Å². The molecule has 1 unspecified atom stereocenters. The summed E-state index contributed by atoms with van der Waals surface area (Å²) in [6.45, 7) is 2.31. The lowest BCUT2D eigenvalue weighted by Crippen LogP contribution is -2.35. The van der Waals surface area contributed by atoms with Gasteiger partial charge in [-0.3, -0.25) is 0 Å². The summed E-state index contributed by atoms with van der Waals surface area (Å²) in [5, 5.41) is 9.35. The predicted molar refractivity (Wildman–Crippen MR) is 69.6 cm³/mol. The Kier molecular flexibility index (Phi) is 6.20. The predicted octanol–water partition coefficient (Wildman–Crippen LogP) is 1.33. The maximum absolute atomic E-state index is 11.7. The second-order valence-electron chi connectivity index (χ2n) is 5.06. The topological polar surface area (TPSA) is 66.4 Å². The lowest BCUT2D eigenvalue weighted by Gasteiger charge is -2.25. The monoisotopic (exact) mass is 283 g/mol. The van der Waals surface area contributed by atoms with Crippen molar-refractivity contribution in [3.05, 3.63) is 0 Å². The maximum Gasteiger partial charge on any atom is 0.211 e. The number of hydrogen-bond acceptors (Lipinski definition) is 3. The molecule has 2 N–H and O–H groups in total. The van der Waals surface area contributed by atoms with Crippen molar-refractivity contribution in [1.82, 2.24) is 4.72 Å². The summed E-state index contributed by atoms with van der Waals surface area (Å²) in [4.78, 5) is 0. The Morgan fingerprint density at radius 1 is 1.35 bits per heavy atom. The molecule has 1 rings (SSSR count). The van der Waals surface area contributed by atoms with Gasteiger partial charge in [-0.25, -0.2) is 13.1 Å². The number of hydrogen-bond donors (Lipinski definition) is 2. The minimum Gasteiger partial charge on any atom is -0.393 e. The summed E-state index contributed by atoms with van der Waals surface area (Å²) in [6, 6.07) is 0. The number of halogens is 1. The molecular weight excluding hydrogens is 262 g/mol. The van der Waals surface area contributed by atoms with E-state index in [1.165, 1.54) is 0 Å². The Labute approximate surface area is 109 Å². The van der Waals surface area contributed by atoms with Gasteiger partial charge in [-0.05, 0) is 37.5 Å². The lowest BCUT2D eigenvalue weighted by molar-refractivity contribution is 0.109. The van der Waals surface area contributed by atoms with E-state index in [2.05, 4.69) is 4.72 Å². The Morgan fingerprint density at radius 2 is 1.94 bits per heavy atom. The van der Waals surface area contributed by atoms with Gasteiger partial charge in [0, 0.05) is 12.4 Å². The Bertz CT molecular complexity index is 313. The van der Waals surface area contributed by atoms with Crippen molar-refractivity contribution in [3.8, 4) is 0 Å². The highest BCUT2D eigenvalue weighted by Gasteiger charge is 2.22. The first-order valence-corrected chi connectivity index (χ1v) is 8.33. The normalized spacial score (nSPS) is 27.9. The average molecular weight is 284 g/mol. The van der Waals surface area contributed by atoms with E-state index in [1.807, 2.05) is 6.92 Å². The molecule has 4 nitrogen and oxygen atoms in total. The third-order valence-corrected chi connectivity index (χ3v) is 5.32. The largest absolute Gasteiger partial charge is 0.393 e. The second-order valence-corrected chi connectivity index (χ2v) is 7.22. The fraction of sp³-hybridized carbons (Fsp3) is 1.00. The van der Waals surface area contributed by atoms with Crippen molar-refractivity contribution in [2.45, 2.75) is 38.7 Å². The zero-order valence-electron chi connectivity index (χ0n) is 10.2. The fourth-order valence-corrected chi connectivity index (χ4v) is 3.78. The summed E-state index contributed by atoms with van der Waals surface area (Å²) in [5.74, 6) is 0.782. The molecule has 0 aromatic heterocycles. The first kappa shape index (κ1) is 15.2. The second kappa shape index (κ2) is 6.92. The van der Waals surface area contributed by atoms with Crippen LogP contribution >= 0.6 is 11.6 Å². The molecule has 1 fully saturated rings. The quantitative estimate of drug-likeness (QED) is 0.723. The first-order chi connectivity index (χ1) is 7.93. The number of alkyl halides is 1. The molecule has 0 aromatic rings. The van der Waals surface area contributed by atoms with Crippen molar-refractivity contribution in [3.63, 3.8) is 0 Å². The summed E-state index contributed by atoms with van der Waals surface area (Å²) in [7, 11) is -3.20. The Hall–Kier alpha value is 0.160. The zero-order valence-corrected chi connectivity index (χ0v) is 11.8. The van der Waals surface area contributed by atoms with E-state index in [9.17, 15) is 13.5 Å². The zero-order chi connectivity index (χ0) is 12.9. The molecule has 0 radical (unpaired) electrons. The van der Waals surface area contributed by atoms with Crippen molar-refractivity contribution < 1.29 is 13.5 Å². The third-order valence-electron chi connectivity index (χ3n) is 3.18. The van der Waals surface area contributed by atoms with Gasteiger partial charge >= 0.3 is 0 Å². The van der Waals surface area contributed by atoms with Crippen molar-refractivity contribution in [2.24, 2.45) is 11.8 Å². The molecule has 102 valence electrons. The highest BCUT2D eigenvalue weighted by molar-refractivity contribution is 7.89. The Morgan fingerprint density at radius 3 is 2.47 bits per heavy atom. The molecule has 6 heteroatoms. The van der Waals surface area contributed by atoms with Crippen LogP contribution in [0.5, 0.6) is 0 Å². The number of rotatable bonds is 6. The molecule has 0 saturated heterocycles. The number of aliphatic hydroxyl groups is 1. The summed E-state index contributed by atoms with van der Waals surface area (Å²) >= 11 is 5.60. The molecule has 0 spiro atoms. The molecule has 1 aliphatic carbocycles. The molecule has 1 saturated carbocycles. The van der Waals surface area contributed by atoms with Gasteiger partial charge in [0.15, 0.2) is 0 Å². The van der Waals surface area contributed by atoms with E-state index in [1.54, 1.807) is 0 Å². The smallest absolute Gasteiger partial charge is 0.211 e. The first-order valence-electron chi connectivity index (χ1n) is 6.14. The molecule has 0 heterocycles. The van der Waals surface area contributed by atoms with Gasteiger partial charge in [0.2, 0.25) is 10.0 Å². The molecule has 1 aliphatic rings. The molecule has 0 bridgehead atoms. The summed E-state index contributed by atoms with van der Waals surface area (Å²) in [5.41, 5.74) is 0. The van der Waals surface area contributed by atoms with Crippen LogP contribution in [-0.4, -0.2) is 37.8 Å². The number of nitrogens with one attached hydrogen (secondary N) is 1. The van der Waals surface area contributed by atoms with Crippen molar-refractivity contribution in [1.29, 1.82) is 0 Å². The van der Waals surface area contributed by atoms with Crippen molar-refractivity contribution >= 4 is 21.6 Å². The van der Waals surface area contributed by atoms with E-state index in [-0.39, 0.29) is 17.8 Å². The molecule has 0 amide bonds. The van der Waals surface area contributed by atoms with Crippen LogP contribution in [0.4, 0.5) is 0 Å². The van der Waals surface area contributed by atoms with Crippen LogP contribution in [0.15, 0.2) is 0 Å². The van der Waals surface area contributed by atoms with Crippen molar-refractivity contribution in [2.75, 3.05) is 18.2 Å². The van der Waals surface area contributed by atoms with Gasteiger partial charge < -0.3 is 5.11 Å². The van der Waals surface area contributed by atoms with Gasteiger partial charge in [-0.2, -0.15) is 0 Å². The fourth-order valence-electron chi connectivity index (χ4n) is 2.07. The minimum atomic E-state index is -3.20. The lowest BCUT2D eigenvalue weighted by atomic mass is 9.88. The van der Waals surface area contributed by atoms with Crippen LogP contribution in [0.25, 0.3) is 0 Å². The molecule has 17 heavy (non-hydrogen) atoms. The Balaban J connectivity index is 2.29. The molecule has 0 aliphatic heterocycles. The van der Waals surface area contributed by atoms with Gasteiger partial charge in [-0.15, -0.1) is 11.6 Å². The van der Waals surface area contributed by atoms with E-state index >= 15 is 0 Å². The van der Waals surface area contributed by atoms with Crippen LogP contribution in [0.2, 0.25) is 0 Å². The molecule has 1 atom stereocenters. The molecular formula is C11H22ClNO3S. The van der Waals surface area contributed by atoms with Gasteiger partial charge in [-0.1, -0.05) is 6.92 Å². The van der Waals surface area contributed by atoms with Crippen LogP contribution in [-0.2, 0) is 10.0 Å². The van der Waals surface area contributed by atoms with Crippen LogP contribution in [0.3, 0.4) is 0 Å².